The summed E-state index contributed by atoms with van der Waals surface area (Å²) in [6.45, 7) is 8.12. The zero-order valence-electron chi connectivity index (χ0n) is 20.2. The van der Waals surface area contributed by atoms with Gasteiger partial charge in [0.05, 0.1) is 18.5 Å². The molecule has 1 amide bonds. The highest BCUT2D eigenvalue weighted by Crippen LogP contribution is 2.25. The summed E-state index contributed by atoms with van der Waals surface area (Å²) < 4.78 is 35.3. The normalized spacial score (nSPS) is 12.8. The molecule has 3 rings (SSSR count). The summed E-state index contributed by atoms with van der Waals surface area (Å²) >= 11 is 0. The van der Waals surface area contributed by atoms with E-state index in [4.69, 9.17) is 9.26 Å². The lowest BCUT2D eigenvalue weighted by Crippen LogP contribution is -2.36. The van der Waals surface area contributed by atoms with Crippen molar-refractivity contribution in [3.05, 3.63) is 60.0 Å². The van der Waals surface area contributed by atoms with Crippen LogP contribution < -0.4 is 14.4 Å². The molecule has 0 radical (unpaired) electrons. The van der Waals surface area contributed by atoms with Crippen molar-refractivity contribution in [1.29, 1.82) is 0 Å². The van der Waals surface area contributed by atoms with E-state index in [0.717, 1.165) is 16.1 Å². The minimum absolute atomic E-state index is 0.0541. The van der Waals surface area contributed by atoms with Crippen LogP contribution in [0.1, 0.15) is 39.1 Å². The third-order valence-electron chi connectivity index (χ3n) is 5.27. The molecule has 2 aromatic carbocycles. The molecule has 0 fully saturated rings. The summed E-state index contributed by atoms with van der Waals surface area (Å²) in [7, 11) is -1.89. The molecule has 0 bridgehead atoms. The number of carbonyl (C=O) groups excluding carboxylic acids is 1. The highest BCUT2D eigenvalue weighted by molar-refractivity contribution is 7.92. The zero-order valence-corrected chi connectivity index (χ0v) is 21.0. The molecular weight excluding hydrogens is 456 g/mol. The van der Waals surface area contributed by atoms with Crippen molar-refractivity contribution >= 4 is 21.6 Å². The molecule has 1 N–H and O–H groups in total. The Kier molecular flexibility index (Phi) is 7.30. The molecule has 0 spiro atoms. The van der Waals surface area contributed by atoms with Gasteiger partial charge in [0, 0.05) is 12.6 Å². The summed E-state index contributed by atoms with van der Waals surface area (Å²) in [6.07, 6.45) is 0.338. The molecule has 0 saturated heterocycles. The van der Waals surface area contributed by atoms with E-state index in [9.17, 15) is 13.2 Å². The van der Waals surface area contributed by atoms with Crippen LogP contribution in [-0.2, 0) is 26.8 Å². The SMILES string of the molecule is C[C@@H](Oc1ccc(N(C)S(C)(=O)=O)cc1)C(=O)NCc1nc(-c2ccc(C(C)(C)C)cc2)no1. The predicted molar refractivity (Wildman–Crippen MR) is 130 cm³/mol. The van der Waals surface area contributed by atoms with Gasteiger partial charge in [-0.15, -0.1) is 0 Å². The first kappa shape index (κ1) is 25.2. The molecule has 3 aromatic rings. The average Bonchev–Trinajstić information content (AvgIpc) is 3.25. The van der Waals surface area contributed by atoms with Gasteiger partial charge in [0.1, 0.15) is 5.75 Å². The monoisotopic (exact) mass is 486 g/mol. The summed E-state index contributed by atoms with van der Waals surface area (Å²) in [5.74, 6) is 0.815. The summed E-state index contributed by atoms with van der Waals surface area (Å²) in [5.41, 5.74) is 2.58. The molecule has 1 atom stereocenters. The first-order valence-electron chi connectivity index (χ1n) is 10.8. The minimum Gasteiger partial charge on any atom is -0.481 e. The maximum Gasteiger partial charge on any atom is 0.261 e. The number of sulfonamides is 1. The van der Waals surface area contributed by atoms with Crippen LogP contribution in [0.4, 0.5) is 5.69 Å². The van der Waals surface area contributed by atoms with Crippen LogP contribution in [0.15, 0.2) is 53.1 Å². The average molecular weight is 487 g/mol. The third-order valence-corrected chi connectivity index (χ3v) is 6.48. The zero-order chi connectivity index (χ0) is 25.1. The lowest BCUT2D eigenvalue weighted by molar-refractivity contribution is -0.127. The molecule has 9 nitrogen and oxygen atoms in total. The summed E-state index contributed by atoms with van der Waals surface area (Å²) in [6, 6.07) is 14.4. The van der Waals surface area contributed by atoms with Crippen molar-refractivity contribution in [3.63, 3.8) is 0 Å². The van der Waals surface area contributed by atoms with E-state index < -0.39 is 16.1 Å². The van der Waals surface area contributed by atoms with Crippen molar-refractivity contribution in [2.24, 2.45) is 0 Å². The number of benzene rings is 2. The van der Waals surface area contributed by atoms with Gasteiger partial charge in [-0.3, -0.25) is 9.10 Å². The second-order valence-electron chi connectivity index (χ2n) is 9.04. The number of anilines is 1. The standard InChI is InChI=1S/C24H30N4O5S/c1-16(32-20-13-11-19(12-14-20)28(5)34(6,30)31)23(29)25-15-21-26-22(27-33-21)17-7-9-18(10-8-17)24(2,3)4/h7-14,16H,15H2,1-6H3,(H,25,29)/t16-/m1/s1. The van der Waals surface area contributed by atoms with E-state index in [2.05, 4.69) is 36.2 Å². The second kappa shape index (κ2) is 9.84. The van der Waals surface area contributed by atoms with Crippen molar-refractivity contribution in [1.82, 2.24) is 15.5 Å². The van der Waals surface area contributed by atoms with Gasteiger partial charge in [0.25, 0.3) is 5.91 Å². The molecular formula is C24H30N4O5S. The first-order chi connectivity index (χ1) is 15.8. The number of aromatic nitrogens is 2. The molecule has 1 aromatic heterocycles. The van der Waals surface area contributed by atoms with Gasteiger partial charge < -0.3 is 14.6 Å². The quantitative estimate of drug-likeness (QED) is 0.518. The van der Waals surface area contributed by atoms with Crippen LogP contribution in [0.25, 0.3) is 11.4 Å². The van der Waals surface area contributed by atoms with Crippen LogP contribution in [0, 0.1) is 0 Å². The lowest BCUT2D eigenvalue weighted by atomic mass is 9.87. The van der Waals surface area contributed by atoms with E-state index >= 15 is 0 Å². The van der Waals surface area contributed by atoms with E-state index in [1.54, 1.807) is 31.2 Å². The number of nitrogens with zero attached hydrogens (tertiary/aromatic N) is 3. The van der Waals surface area contributed by atoms with Gasteiger partial charge in [-0.25, -0.2) is 8.42 Å². The maximum atomic E-state index is 12.4. The largest absolute Gasteiger partial charge is 0.481 e. The number of carbonyl (C=O) groups is 1. The Balaban J connectivity index is 1.54. The highest BCUT2D eigenvalue weighted by Gasteiger charge is 2.18. The second-order valence-corrected chi connectivity index (χ2v) is 11.1. The molecule has 0 aliphatic carbocycles. The molecule has 34 heavy (non-hydrogen) atoms. The Hall–Kier alpha value is -3.40. The van der Waals surface area contributed by atoms with E-state index in [0.29, 0.717) is 17.3 Å². The smallest absolute Gasteiger partial charge is 0.261 e. The van der Waals surface area contributed by atoms with Gasteiger partial charge in [-0.05, 0) is 42.2 Å². The molecule has 0 aliphatic rings. The first-order valence-corrected chi connectivity index (χ1v) is 12.6. The maximum absolute atomic E-state index is 12.4. The molecule has 0 unspecified atom stereocenters. The van der Waals surface area contributed by atoms with Gasteiger partial charge in [-0.2, -0.15) is 4.98 Å². The molecule has 10 heteroatoms. The van der Waals surface area contributed by atoms with E-state index in [1.807, 2.05) is 24.3 Å². The van der Waals surface area contributed by atoms with E-state index in [1.165, 1.54) is 12.6 Å². The number of nitrogens with one attached hydrogen (secondary N) is 1. The predicted octanol–water partition coefficient (Wildman–Crippen LogP) is 3.51. The van der Waals surface area contributed by atoms with Crippen molar-refractivity contribution in [3.8, 4) is 17.1 Å². The Morgan fingerprint density at radius 1 is 1.12 bits per heavy atom. The molecule has 0 saturated carbocycles. The van der Waals surface area contributed by atoms with Crippen molar-refractivity contribution in [2.75, 3.05) is 17.6 Å². The van der Waals surface area contributed by atoms with Gasteiger partial charge in [0.15, 0.2) is 6.10 Å². The molecule has 0 aliphatic heterocycles. The number of ether oxygens (including phenoxy) is 1. The van der Waals surface area contributed by atoms with Crippen LogP contribution in [-0.4, -0.2) is 43.9 Å². The Bertz CT molecular complexity index is 1230. The fourth-order valence-corrected chi connectivity index (χ4v) is 3.56. The molecule has 1 heterocycles. The fraction of sp³-hybridized carbons (Fsp3) is 0.375. The highest BCUT2D eigenvalue weighted by atomic mass is 32.2. The molecule has 182 valence electrons. The number of hydrogen-bond acceptors (Lipinski definition) is 7. The fourth-order valence-electron chi connectivity index (χ4n) is 3.05. The summed E-state index contributed by atoms with van der Waals surface area (Å²) in [5, 5.41) is 6.71. The van der Waals surface area contributed by atoms with Crippen LogP contribution in [0.5, 0.6) is 5.75 Å². The van der Waals surface area contributed by atoms with Crippen LogP contribution in [0.3, 0.4) is 0 Å². The number of hydrogen-bond donors (Lipinski definition) is 1. The van der Waals surface area contributed by atoms with Crippen LogP contribution in [0.2, 0.25) is 0 Å². The van der Waals surface area contributed by atoms with Crippen molar-refractivity contribution < 1.29 is 22.5 Å². The van der Waals surface area contributed by atoms with E-state index in [-0.39, 0.29) is 23.8 Å². The Morgan fingerprint density at radius 2 is 1.74 bits per heavy atom. The Labute approximate surface area is 200 Å². The minimum atomic E-state index is -3.35. The topological polar surface area (TPSA) is 115 Å². The van der Waals surface area contributed by atoms with Gasteiger partial charge in [0.2, 0.25) is 21.7 Å². The third kappa shape index (κ3) is 6.34. The van der Waals surface area contributed by atoms with Crippen LogP contribution >= 0.6 is 0 Å². The Morgan fingerprint density at radius 3 is 2.29 bits per heavy atom. The summed E-state index contributed by atoms with van der Waals surface area (Å²) in [4.78, 5) is 16.8. The van der Waals surface area contributed by atoms with Gasteiger partial charge in [-0.1, -0.05) is 50.2 Å². The van der Waals surface area contributed by atoms with Crippen molar-refractivity contribution in [2.45, 2.75) is 45.8 Å². The number of amides is 1. The number of rotatable bonds is 8. The van der Waals surface area contributed by atoms with Gasteiger partial charge >= 0.3 is 0 Å². The lowest BCUT2D eigenvalue weighted by Gasteiger charge is -2.18.